The van der Waals surface area contributed by atoms with Crippen LogP contribution in [-0.4, -0.2) is 37.2 Å². The van der Waals surface area contributed by atoms with Crippen LogP contribution in [0.15, 0.2) is 85.1 Å². The number of hydrogen-bond donors (Lipinski definition) is 0. The van der Waals surface area contributed by atoms with Crippen molar-refractivity contribution in [2.45, 2.75) is 277 Å². The first-order valence-electron chi connectivity index (χ1n) is 28.6. The van der Waals surface area contributed by atoms with Crippen molar-refractivity contribution in [2.24, 2.45) is 0 Å². The minimum absolute atomic E-state index is 0.0944. The van der Waals surface area contributed by atoms with Gasteiger partial charge in [0.1, 0.15) is 13.2 Å². The molecular weight excluding hydrogens is 841 g/mol. The summed E-state index contributed by atoms with van der Waals surface area (Å²) < 4.78 is 16.8. The Morgan fingerprint density at radius 1 is 0.294 bits per heavy atom. The van der Waals surface area contributed by atoms with Crippen LogP contribution in [0.5, 0.6) is 0 Å². The highest BCUT2D eigenvalue weighted by molar-refractivity contribution is 5.71. The van der Waals surface area contributed by atoms with Crippen LogP contribution in [0, 0.1) is 0 Å². The van der Waals surface area contributed by atoms with E-state index in [1.54, 1.807) is 0 Å². The molecule has 0 unspecified atom stereocenters. The molecule has 1 atom stereocenters. The Morgan fingerprint density at radius 3 is 0.882 bits per heavy atom. The van der Waals surface area contributed by atoms with E-state index in [9.17, 15) is 14.4 Å². The Labute approximate surface area is 420 Å². The average Bonchev–Trinajstić information content (AvgIpc) is 3.34. The molecule has 0 rings (SSSR count). The van der Waals surface area contributed by atoms with Crippen molar-refractivity contribution >= 4 is 17.9 Å². The van der Waals surface area contributed by atoms with Crippen molar-refractivity contribution in [3.8, 4) is 0 Å². The summed E-state index contributed by atoms with van der Waals surface area (Å²) in [5.74, 6) is -0.938. The molecule has 0 N–H and O–H groups in total. The predicted octanol–water partition coefficient (Wildman–Crippen LogP) is 19.2. The summed E-state index contributed by atoms with van der Waals surface area (Å²) in [6, 6.07) is 0. The van der Waals surface area contributed by atoms with Gasteiger partial charge in [0.25, 0.3) is 0 Å². The van der Waals surface area contributed by atoms with Gasteiger partial charge in [0, 0.05) is 19.3 Å². The highest BCUT2D eigenvalue weighted by atomic mass is 16.6. The van der Waals surface area contributed by atoms with Crippen molar-refractivity contribution in [1.29, 1.82) is 0 Å². The van der Waals surface area contributed by atoms with Crippen LogP contribution < -0.4 is 0 Å². The summed E-state index contributed by atoms with van der Waals surface area (Å²) in [4.78, 5) is 38.1. The van der Waals surface area contributed by atoms with E-state index in [0.29, 0.717) is 19.3 Å². The lowest BCUT2D eigenvalue weighted by Crippen LogP contribution is -2.30. The van der Waals surface area contributed by atoms with Crippen LogP contribution in [0.3, 0.4) is 0 Å². The standard InChI is InChI=1S/C62H106O6/c1-4-7-10-13-16-19-22-25-28-30-31-33-34-37-40-43-46-49-52-55-61(64)67-58-59(57-66-60(63)54-51-48-45-42-39-36-27-24-21-18-15-12-9-6-3)68-62(65)56-53-50-47-44-41-38-35-32-29-26-23-20-17-14-11-8-5-2/h16-17,19-20,24-29,31,33,37,40,59H,4-15,18,21-23,30,32,34-36,38-39,41-58H2,1-3H3/b19-16+,20-17+,27-24+,28-25+,29-26+,33-31+,40-37+/t59-/m1/s1. The van der Waals surface area contributed by atoms with Crippen LogP contribution in [0.4, 0.5) is 0 Å². The monoisotopic (exact) mass is 947 g/mol. The van der Waals surface area contributed by atoms with Gasteiger partial charge in [-0.05, 0) is 122 Å². The molecule has 6 heteroatoms. The second-order valence-electron chi connectivity index (χ2n) is 18.8. The Balaban J connectivity index is 4.47. The quantitative estimate of drug-likeness (QED) is 0.0262. The Morgan fingerprint density at radius 2 is 0.529 bits per heavy atom. The second-order valence-corrected chi connectivity index (χ2v) is 18.8. The summed E-state index contributed by atoms with van der Waals surface area (Å²) in [7, 11) is 0. The zero-order valence-corrected chi connectivity index (χ0v) is 44.6. The van der Waals surface area contributed by atoms with Crippen LogP contribution >= 0.6 is 0 Å². The number of esters is 3. The number of carbonyl (C=O) groups excluding carboxylic acids is 3. The van der Waals surface area contributed by atoms with E-state index in [4.69, 9.17) is 14.2 Å². The number of carbonyl (C=O) groups is 3. The molecule has 0 saturated carbocycles. The zero-order valence-electron chi connectivity index (χ0n) is 44.6. The van der Waals surface area contributed by atoms with Crippen LogP contribution in [0.1, 0.15) is 271 Å². The van der Waals surface area contributed by atoms with E-state index in [0.717, 1.165) is 103 Å². The van der Waals surface area contributed by atoms with Gasteiger partial charge < -0.3 is 14.2 Å². The molecule has 0 bridgehead atoms. The van der Waals surface area contributed by atoms with Crippen molar-refractivity contribution < 1.29 is 28.6 Å². The highest BCUT2D eigenvalue weighted by Crippen LogP contribution is 2.14. The van der Waals surface area contributed by atoms with Gasteiger partial charge >= 0.3 is 17.9 Å². The van der Waals surface area contributed by atoms with Gasteiger partial charge in [-0.15, -0.1) is 0 Å². The first-order valence-corrected chi connectivity index (χ1v) is 28.6. The summed E-state index contributed by atoms with van der Waals surface area (Å²) in [5, 5.41) is 0. The SMILES string of the molecule is CCCCC/C=C/C/C=C/C/C=C/C/C=C/CCCCCC(=O)OC[C@@H](COC(=O)CCCCCCC/C=C/CCCCCCC)OC(=O)CCCCCCCCC/C=C/C/C=C/CCCCC. The molecule has 0 aromatic carbocycles. The maximum atomic E-state index is 12.9. The van der Waals surface area contributed by atoms with E-state index in [1.807, 2.05) is 0 Å². The van der Waals surface area contributed by atoms with E-state index in [1.165, 1.54) is 128 Å². The van der Waals surface area contributed by atoms with Gasteiger partial charge in [0.15, 0.2) is 6.10 Å². The van der Waals surface area contributed by atoms with Gasteiger partial charge in [-0.2, -0.15) is 0 Å². The summed E-state index contributed by atoms with van der Waals surface area (Å²) in [6.07, 6.45) is 72.8. The number of ether oxygens (including phenoxy) is 3. The minimum Gasteiger partial charge on any atom is -0.462 e. The molecule has 68 heavy (non-hydrogen) atoms. The Kier molecular flexibility index (Phi) is 53.4. The lowest BCUT2D eigenvalue weighted by atomic mass is 10.1. The fraction of sp³-hybridized carbons (Fsp3) is 0.726. The van der Waals surface area contributed by atoms with Crippen molar-refractivity contribution in [1.82, 2.24) is 0 Å². The van der Waals surface area contributed by atoms with Gasteiger partial charge in [-0.1, -0.05) is 215 Å². The molecule has 0 spiro atoms. The molecule has 0 radical (unpaired) electrons. The second kappa shape index (κ2) is 56.2. The average molecular weight is 948 g/mol. The lowest BCUT2D eigenvalue weighted by Gasteiger charge is -2.18. The summed E-state index contributed by atoms with van der Waals surface area (Å²) in [6.45, 7) is 6.54. The number of hydrogen-bond acceptors (Lipinski definition) is 6. The van der Waals surface area contributed by atoms with Crippen molar-refractivity contribution in [3.05, 3.63) is 85.1 Å². The lowest BCUT2D eigenvalue weighted by molar-refractivity contribution is -0.167. The smallest absolute Gasteiger partial charge is 0.306 e. The van der Waals surface area contributed by atoms with Gasteiger partial charge in [0.05, 0.1) is 0 Å². The van der Waals surface area contributed by atoms with E-state index >= 15 is 0 Å². The molecule has 0 aliphatic carbocycles. The molecule has 0 saturated heterocycles. The predicted molar refractivity (Wildman–Crippen MR) is 293 cm³/mol. The van der Waals surface area contributed by atoms with Gasteiger partial charge in [0.2, 0.25) is 0 Å². The molecule has 0 aliphatic rings. The van der Waals surface area contributed by atoms with Crippen molar-refractivity contribution in [2.75, 3.05) is 13.2 Å². The molecule has 0 heterocycles. The van der Waals surface area contributed by atoms with E-state index in [-0.39, 0.29) is 31.1 Å². The third-order valence-corrected chi connectivity index (χ3v) is 12.1. The molecule has 0 aliphatic heterocycles. The van der Waals surface area contributed by atoms with Crippen LogP contribution in [-0.2, 0) is 28.6 Å². The third-order valence-electron chi connectivity index (χ3n) is 12.1. The molecular formula is C62H106O6. The summed E-state index contributed by atoms with van der Waals surface area (Å²) >= 11 is 0. The molecule has 0 fully saturated rings. The number of unbranched alkanes of at least 4 members (excludes halogenated alkanes) is 26. The van der Waals surface area contributed by atoms with Gasteiger partial charge in [-0.25, -0.2) is 0 Å². The zero-order chi connectivity index (χ0) is 49.3. The van der Waals surface area contributed by atoms with Crippen molar-refractivity contribution in [3.63, 3.8) is 0 Å². The fourth-order valence-corrected chi connectivity index (χ4v) is 7.74. The van der Waals surface area contributed by atoms with Gasteiger partial charge in [-0.3, -0.25) is 14.4 Å². The topological polar surface area (TPSA) is 78.9 Å². The minimum atomic E-state index is -0.798. The maximum Gasteiger partial charge on any atom is 0.306 e. The highest BCUT2D eigenvalue weighted by Gasteiger charge is 2.19. The van der Waals surface area contributed by atoms with Crippen LogP contribution in [0.2, 0.25) is 0 Å². The number of allylic oxidation sites excluding steroid dienone is 14. The fourth-order valence-electron chi connectivity index (χ4n) is 7.74. The molecule has 6 nitrogen and oxygen atoms in total. The van der Waals surface area contributed by atoms with E-state index < -0.39 is 6.10 Å². The normalized spacial score (nSPS) is 12.7. The first-order chi connectivity index (χ1) is 33.5. The maximum absolute atomic E-state index is 12.9. The number of rotatable bonds is 51. The largest absolute Gasteiger partial charge is 0.462 e. The third kappa shape index (κ3) is 53.5. The Bertz CT molecular complexity index is 1320. The van der Waals surface area contributed by atoms with Crippen LogP contribution in [0.25, 0.3) is 0 Å². The molecule has 390 valence electrons. The first kappa shape index (κ1) is 64.6. The summed E-state index contributed by atoms with van der Waals surface area (Å²) in [5.41, 5.74) is 0. The molecule has 0 amide bonds. The Hall–Kier alpha value is -3.41. The molecule has 0 aromatic rings. The van der Waals surface area contributed by atoms with E-state index in [2.05, 4.69) is 106 Å². The molecule has 0 aromatic heterocycles.